The number of hydrogen-bond donors (Lipinski definition) is 2. The van der Waals surface area contributed by atoms with Crippen molar-refractivity contribution in [3.05, 3.63) is 41.5 Å². The first-order valence-electron chi connectivity index (χ1n) is 13.9. The molecule has 1 aliphatic carbocycles. The van der Waals surface area contributed by atoms with Crippen molar-refractivity contribution in [2.45, 2.75) is 50.3 Å². The highest BCUT2D eigenvalue weighted by Crippen LogP contribution is 2.57. The van der Waals surface area contributed by atoms with E-state index in [1.54, 1.807) is 6.07 Å². The van der Waals surface area contributed by atoms with Crippen LogP contribution >= 0.6 is 11.3 Å². The van der Waals surface area contributed by atoms with E-state index in [4.69, 9.17) is 20.2 Å². The Bertz CT molecular complexity index is 1780. The van der Waals surface area contributed by atoms with Gasteiger partial charge in [-0.25, -0.2) is 8.78 Å². The number of anilines is 2. The molecule has 8 nitrogen and oxygen atoms in total. The molecule has 41 heavy (non-hydrogen) atoms. The molecule has 0 amide bonds. The van der Waals surface area contributed by atoms with Crippen LogP contribution in [0.5, 0.6) is 6.01 Å². The van der Waals surface area contributed by atoms with Crippen molar-refractivity contribution in [1.29, 1.82) is 5.26 Å². The second-order valence-corrected chi connectivity index (χ2v) is 13.4. The number of nitrogen functional groups attached to an aromatic ring is 1. The zero-order valence-corrected chi connectivity index (χ0v) is 23.3. The van der Waals surface area contributed by atoms with Gasteiger partial charge in [-0.15, -0.1) is 11.3 Å². The molecule has 0 radical (unpaired) electrons. The van der Waals surface area contributed by atoms with Gasteiger partial charge in [0.05, 0.1) is 29.1 Å². The van der Waals surface area contributed by atoms with E-state index < -0.39 is 11.6 Å². The maximum absolute atomic E-state index is 16.6. The Morgan fingerprint density at radius 3 is 2.63 bits per heavy atom. The first kappa shape index (κ1) is 25.1. The Labute approximate surface area is 239 Å². The summed E-state index contributed by atoms with van der Waals surface area (Å²) in [6, 6.07) is 9.16. The van der Waals surface area contributed by atoms with Crippen LogP contribution < -0.4 is 20.7 Å². The summed E-state index contributed by atoms with van der Waals surface area (Å²) in [5.41, 5.74) is 6.79. The summed E-state index contributed by atoms with van der Waals surface area (Å²) >= 11 is 0.989. The number of nitrogens with one attached hydrogen (secondary N) is 1. The second kappa shape index (κ2) is 8.71. The predicted molar refractivity (Wildman–Crippen MR) is 153 cm³/mol. The van der Waals surface area contributed by atoms with Gasteiger partial charge in [-0.1, -0.05) is 12.1 Å². The summed E-state index contributed by atoms with van der Waals surface area (Å²) in [5, 5.41) is 14.5. The van der Waals surface area contributed by atoms with E-state index in [9.17, 15) is 9.65 Å². The molecular weight excluding hydrogens is 546 g/mol. The Morgan fingerprint density at radius 1 is 1.17 bits per heavy atom. The summed E-state index contributed by atoms with van der Waals surface area (Å²) in [6.45, 7) is 4.68. The number of benzene rings is 2. The summed E-state index contributed by atoms with van der Waals surface area (Å²) in [5.74, 6) is -0.428. The average Bonchev–Trinajstić information content (AvgIpc) is 3.67. The molecule has 2 aromatic carbocycles. The highest BCUT2D eigenvalue weighted by Gasteiger charge is 2.60. The van der Waals surface area contributed by atoms with Crippen molar-refractivity contribution in [2.75, 3.05) is 36.9 Å². The van der Waals surface area contributed by atoms with Gasteiger partial charge in [0, 0.05) is 46.9 Å². The molecular formula is C30H28F2N6O2S. The third-order valence-corrected chi connectivity index (χ3v) is 10.3. The average molecular weight is 575 g/mol. The van der Waals surface area contributed by atoms with Crippen LogP contribution in [0.3, 0.4) is 0 Å². The number of fused-ring (bicyclic) bond motifs is 5. The topological polar surface area (TPSA) is 109 Å². The Balaban J connectivity index is 1.26. The van der Waals surface area contributed by atoms with Crippen molar-refractivity contribution in [1.82, 2.24) is 15.3 Å². The van der Waals surface area contributed by atoms with Crippen LogP contribution in [0, 0.1) is 28.4 Å². The first-order valence-corrected chi connectivity index (χ1v) is 14.8. The van der Waals surface area contributed by atoms with Crippen LogP contribution in [-0.2, 0) is 4.74 Å². The smallest absolute Gasteiger partial charge is 0.319 e. The molecule has 1 saturated carbocycles. The number of thiophene rings is 1. The van der Waals surface area contributed by atoms with Gasteiger partial charge in [0.25, 0.3) is 0 Å². The molecule has 9 rings (SSSR count). The maximum Gasteiger partial charge on any atom is 0.319 e. The fraction of sp³-hybridized carbons (Fsp3) is 0.433. The van der Waals surface area contributed by atoms with Crippen molar-refractivity contribution >= 4 is 43.1 Å². The third kappa shape index (κ3) is 3.81. The molecule has 2 unspecified atom stereocenters. The molecule has 2 aromatic heterocycles. The first-order chi connectivity index (χ1) is 19.7. The van der Waals surface area contributed by atoms with Gasteiger partial charge in [0.15, 0.2) is 5.82 Å². The zero-order valence-electron chi connectivity index (χ0n) is 22.5. The van der Waals surface area contributed by atoms with Gasteiger partial charge in [-0.3, -0.25) is 0 Å². The van der Waals surface area contributed by atoms with Crippen molar-refractivity contribution in [2.24, 2.45) is 5.41 Å². The molecule has 4 bridgehead atoms. The predicted octanol–water partition coefficient (Wildman–Crippen LogP) is 5.13. The highest BCUT2D eigenvalue weighted by atomic mass is 32.1. The molecule has 11 heteroatoms. The van der Waals surface area contributed by atoms with Crippen molar-refractivity contribution in [3.63, 3.8) is 0 Å². The van der Waals surface area contributed by atoms with Gasteiger partial charge in [-0.05, 0) is 50.3 Å². The molecule has 4 aliphatic heterocycles. The number of aromatic nitrogens is 2. The SMILES string of the molecule is CC12CC(COc3nc(N4CC5CCC(C4)N5)c4ccc(-c5ccc(F)c6sc(N)c(C#N)c56)c(F)c4n3)(CO1)C2. The van der Waals surface area contributed by atoms with Gasteiger partial charge < -0.3 is 25.4 Å². The normalized spacial score (nSPS) is 28.3. The van der Waals surface area contributed by atoms with Crippen LogP contribution in [-0.4, -0.2) is 54.0 Å². The quantitative estimate of drug-likeness (QED) is 0.338. The minimum Gasteiger partial charge on any atom is -0.463 e. The minimum absolute atomic E-state index is 0.0614. The van der Waals surface area contributed by atoms with Crippen molar-refractivity contribution < 1.29 is 18.3 Å². The molecule has 2 atom stereocenters. The number of halogens is 2. The fourth-order valence-electron chi connectivity index (χ4n) is 7.56. The lowest BCUT2D eigenvalue weighted by Crippen LogP contribution is -2.51. The highest BCUT2D eigenvalue weighted by molar-refractivity contribution is 7.23. The summed E-state index contributed by atoms with van der Waals surface area (Å²) in [4.78, 5) is 11.6. The summed E-state index contributed by atoms with van der Waals surface area (Å²) < 4.78 is 43.6. The van der Waals surface area contributed by atoms with Gasteiger partial charge in [0.1, 0.15) is 28.2 Å². The number of nitriles is 1. The van der Waals surface area contributed by atoms with Crippen LogP contribution in [0.4, 0.5) is 19.6 Å². The molecule has 210 valence electrons. The lowest BCUT2D eigenvalue weighted by atomic mass is 9.64. The zero-order chi connectivity index (χ0) is 28.1. The van der Waals surface area contributed by atoms with E-state index in [1.165, 1.54) is 12.1 Å². The van der Waals surface area contributed by atoms with Gasteiger partial charge in [-0.2, -0.15) is 15.2 Å². The van der Waals surface area contributed by atoms with E-state index in [2.05, 4.69) is 28.2 Å². The largest absolute Gasteiger partial charge is 0.463 e. The Kier molecular flexibility index (Phi) is 5.34. The summed E-state index contributed by atoms with van der Waals surface area (Å²) in [6.07, 6.45) is 4.04. The van der Waals surface area contributed by atoms with Crippen molar-refractivity contribution in [3.8, 4) is 23.2 Å². The molecule has 3 N–H and O–H groups in total. The standard InChI is InChI=1S/C30H28F2N6O2S/c1-29-11-30(12-29,14-40-29)13-39-28-36-24-19(27(37-28)38-9-15-2-3-16(10-38)35-15)5-4-18(23(24)32)17-6-7-21(31)25-22(17)20(8-33)26(34)41-25/h4-7,15-16,35H,2-3,9-14,34H2,1H3. The molecule has 5 fully saturated rings. The van der Waals surface area contributed by atoms with Gasteiger partial charge >= 0.3 is 6.01 Å². The minimum atomic E-state index is -0.575. The molecule has 0 spiro atoms. The third-order valence-electron chi connectivity index (χ3n) is 9.23. The van der Waals surface area contributed by atoms with Crippen LogP contribution in [0.2, 0.25) is 0 Å². The molecule has 6 heterocycles. The number of hydrogen-bond acceptors (Lipinski definition) is 9. The lowest BCUT2D eigenvalue weighted by Gasteiger charge is -2.41. The second-order valence-electron chi connectivity index (χ2n) is 12.3. The van der Waals surface area contributed by atoms with E-state index in [1.807, 2.05) is 6.07 Å². The summed E-state index contributed by atoms with van der Waals surface area (Å²) in [7, 11) is 0. The number of piperazine rings is 1. The number of nitrogens with two attached hydrogens (primary N) is 1. The Hall–Kier alpha value is -3.59. The van der Waals surface area contributed by atoms with Crippen LogP contribution in [0.15, 0.2) is 24.3 Å². The monoisotopic (exact) mass is 574 g/mol. The number of rotatable bonds is 5. The van der Waals surface area contributed by atoms with Gasteiger partial charge in [0.2, 0.25) is 0 Å². The lowest BCUT2D eigenvalue weighted by molar-refractivity contribution is -0.00933. The van der Waals surface area contributed by atoms with Crippen LogP contribution in [0.1, 0.15) is 38.2 Å². The van der Waals surface area contributed by atoms with E-state index in [0.717, 1.165) is 50.1 Å². The maximum atomic E-state index is 16.6. The Morgan fingerprint density at radius 2 is 1.93 bits per heavy atom. The van der Waals surface area contributed by atoms with Crippen LogP contribution in [0.25, 0.3) is 32.1 Å². The van der Waals surface area contributed by atoms with E-state index >= 15 is 4.39 Å². The van der Waals surface area contributed by atoms with E-state index in [-0.39, 0.29) is 43.4 Å². The van der Waals surface area contributed by atoms with E-state index in [0.29, 0.717) is 47.5 Å². The molecule has 5 aliphatic rings. The fourth-order valence-corrected chi connectivity index (χ4v) is 8.51. The number of ether oxygens (including phenoxy) is 2. The molecule has 4 aromatic rings. The number of nitrogens with zero attached hydrogens (tertiary/aromatic N) is 4. The molecule has 4 saturated heterocycles.